The van der Waals surface area contributed by atoms with Gasteiger partial charge in [0.15, 0.2) is 0 Å². The molecule has 4 atom stereocenters. The van der Waals surface area contributed by atoms with Crippen LogP contribution in [0.2, 0.25) is 0 Å². The van der Waals surface area contributed by atoms with Crippen molar-refractivity contribution >= 4 is 5.97 Å². The molecule has 0 saturated carbocycles. The monoisotopic (exact) mass is 193 g/mol. The standard InChI is InChI=1S/C6H10O7/c7-1-6(12)4(9)2(8)3(13-6)5(10)11/h2-4,7-9,12H,1H2,(H,10,11)/p-1/t2-,3+,4+,6+/m1/s1. The lowest BCUT2D eigenvalue weighted by Gasteiger charge is -2.22. The minimum absolute atomic E-state index is 1.02. The summed E-state index contributed by atoms with van der Waals surface area (Å²) in [4.78, 5) is 10.3. The number of carboxylic acids is 1. The van der Waals surface area contributed by atoms with E-state index in [0.29, 0.717) is 0 Å². The molecular formula is C6H9O7-. The van der Waals surface area contributed by atoms with Crippen molar-refractivity contribution in [3.05, 3.63) is 0 Å². The molecule has 0 aliphatic carbocycles. The number of ether oxygens (including phenoxy) is 1. The maximum atomic E-state index is 10.3. The second-order valence-corrected chi connectivity index (χ2v) is 2.80. The first-order valence-corrected chi connectivity index (χ1v) is 3.50. The number of aliphatic hydroxyl groups excluding tert-OH is 3. The Labute approximate surface area is 72.8 Å². The highest BCUT2D eigenvalue weighted by molar-refractivity contribution is 5.71. The maximum Gasteiger partial charge on any atom is 0.219 e. The molecule has 76 valence electrons. The molecule has 1 heterocycles. The van der Waals surface area contributed by atoms with Gasteiger partial charge in [-0.3, -0.25) is 0 Å². The molecule has 1 rings (SSSR count). The van der Waals surface area contributed by atoms with Crippen molar-refractivity contribution in [2.24, 2.45) is 0 Å². The van der Waals surface area contributed by atoms with Gasteiger partial charge in [-0.25, -0.2) is 0 Å². The van der Waals surface area contributed by atoms with Crippen molar-refractivity contribution in [3.63, 3.8) is 0 Å². The Kier molecular flexibility index (Phi) is 2.55. The van der Waals surface area contributed by atoms with Gasteiger partial charge in [-0.1, -0.05) is 0 Å². The zero-order valence-corrected chi connectivity index (χ0v) is 6.45. The number of aliphatic hydroxyl groups is 4. The molecular weight excluding hydrogens is 184 g/mol. The van der Waals surface area contributed by atoms with Gasteiger partial charge in [-0.2, -0.15) is 0 Å². The molecule has 0 radical (unpaired) electrons. The van der Waals surface area contributed by atoms with Crippen LogP contribution in [0.4, 0.5) is 0 Å². The van der Waals surface area contributed by atoms with Crippen molar-refractivity contribution in [2.75, 3.05) is 6.61 Å². The summed E-state index contributed by atoms with van der Waals surface area (Å²) in [6.07, 6.45) is -5.53. The molecule has 1 aliphatic rings. The summed E-state index contributed by atoms with van der Waals surface area (Å²) in [6, 6.07) is 0. The van der Waals surface area contributed by atoms with Gasteiger partial charge in [0.05, 0.1) is 12.6 Å². The number of rotatable bonds is 2. The lowest BCUT2D eigenvalue weighted by molar-refractivity contribution is -0.326. The van der Waals surface area contributed by atoms with Gasteiger partial charge in [0.25, 0.3) is 0 Å². The van der Waals surface area contributed by atoms with Crippen LogP contribution in [-0.4, -0.2) is 57.1 Å². The van der Waals surface area contributed by atoms with Gasteiger partial charge in [0.2, 0.25) is 5.79 Å². The summed E-state index contributed by atoms with van der Waals surface area (Å²) < 4.78 is 4.33. The maximum absolute atomic E-state index is 10.3. The highest BCUT2D eigenvalue weighted by Crippen LogP contribution is 2.28. The fourth-order valence-corrected chi connectivity index (χ4v) is 1.11. The van der Waals surface area contributed by atoms with Crippen LogP contribution in [0, 0.1) is 0 Å². The molecule has 13 heavy (non-hydrogen) atoms. The smallest absolute Gasteiger partial charge is 0.219 e. The van der Waals surface area contributed by atoms with Gasteiger partial charge >= 0.3 is 0 Å². The van der Waals surface area contributed by atoms with Gasteiger partial charge in [0, 0.05) is 0 Å². The number of aliphatic carboxylic acids is 1. The normalized spacial score (nSPS) is 45.1. The van der Waals surface area contributed by atoms with Crippen molar-refractivity contribution in [1.82, 2.24) is 0 Å². The summed E-state index contributed by atoms with van der Waals surface area (Å²) in [6.45, 7) is -1.02. The van der Waals surface area contributed by atoms with Crippen LogP contribution in [0.3, 0.4) is 0 Å². The van der Waals surface area contributed by atoms with E-state index in [4.69, 9.17) is 15.3 Å². The molecule has 0 unspecified atom stereocenters. The minimum atomic E-state index is -2.44. The van der Waals surface area contributed by atoms with Gasteiger partial charge < -0.3 is 35.1 Å². The fraction of sp³-hybridized carbons (Fsp3) is 0.833. The molecule has 0 aromatic carbocycles. The number of carbonyl (C=O) groups is 1. The van der Waals surface area contributed by atoms with Crippen molar-refractivity contribution in [3.8, 4) is 0 Å². The van der Waals surface area contributed by atoms with Crippen LogP contribution >= 0.6 is 0 Å². The molecule has 7 nitrogen and oxygen atoms in total. The van der Waals surface area contributed by atoms with Crippen LogP contribution in [0.5, 0.6) is 0 Å². The Bertz CT molecular complexity index is 217. The largest absolute Gasteiger partial charge is 0.547 e. The molecule has 0 bridgehead atoms. The minimum Gasteiger partial charge on any atom is -0.547 e. The third-order valence-electron chi connectivity index (χ3n) is 1.89. The third-order valence-corrected chi connectivity index (χ3v) is 1.89. The summed E-state index contributed by atoms with van der Waals surface area (Å²) in [5.41, 5.74) is 0. The lowest BCUT2D eigenvalue weighted by atomic mass is 10.1. The first-order chi connectivity index (χ1) is 5.92. The Morgan fingerprint density at radius 1 is 1.54 bits per heavy atom. The molecule has 4 N–H and O–H groups in total. The zero-order chi connectivity index (χ0) is 10.2. The first-order valence-electron chi connectivity index (χ1n) is 3.50. The van der Waals surface area contributed by atoms with E-state index in [9.17, 15) is 15.0 Å². The highest BCUT2D eigenvalue weighted by Gasteiger charge is 2.53. The summed E-state index contributed by atoms with van der Waals surface area (Å²) in [5.74, 6) is -4.21. The van der Waals surface area contributed by atoms with E-state index >= 15 is 0 Å². The summed E-state index contributed by atoms with van der Waals surface area (Å²) in [7, 11) is 0. The van der Waals surface area contributed by atoms with Crippen molar-refractivity contribution < 1.29 is 35.1 Å². The van der Waals surface area contributed by atoms with Crippen LogP contribution in [0.25, 0.3) is 0 Å². The quantitative estimate of drug-likeness (QED) is 0.348. The molecule has 0 aromatic heterocycles. The molecule has 7 heteroatoms. The van der Waals surface area contributed by atoms with Crippen LogP contribution in [-0.2, 0) is 9.53 Å². The number of carboxylic acid groups (broad SMARTS) is 1. The van der Waals surface area contributed by atoms with E-state index < -0.39 is 36.7 Å². The van der Waals surface area contributed by atoms with Gasteiger partial charge in [-0.15, -0.1) is 0 Å². The average Bonchev–Trinajstić information content (AvgIpc) is 2.31. The number of carbonyl (C=O) groups excluding carboxylic acids is 1. The number of hydrogen-bond donors (Lipinski definition) is 4. The van der Waals surface area contributed by atoms with Gasteiger partial charge in [-0.05, 0) is 0 Å². The van der Waals surface area contributed by atoms with E-state index in [1.807, 2.05) is 0 Å². The van der Waals surface area contributed by atoms with Crippen molar-refractivity contribution in [2.45, 2.75) is 24.1 Å². The Hall–Kier alpha value is -0.730. The molecule has 0 amide bonds. The van der Waals surface area contributed by atoms with Crippen LogP contribution < -0.4 is 5.11 Å². The molecule has 1 saturated heterocycles. The molecule has 1 aliphatic heterocycles. The lowest BCUT2D eigenvalue weighted by Crippen LogP contribution is -2.46. The van der Waals surface area contributed by atoms with Crippen LogP contribution in [0.15, 0.2) is 0 Å². The second kappa shape index (κ2) is 3.20. The Balaban J connectivity index is 2.84. The Morgan fingerprint density at radius 3 is 2.31 bits per heavy atom. The predicted molar refractivity (Wildman–Crippen MR) is 33.9 cm³/mol. The SMILES string of the molecule is O=C([O-])[C@H]1O[C@@](O)(CO)[C@@H](O)[C@@H]1O. The second-order valence-electron chi connectivity index (χ2n) is 2.80. The first kappa shape index (κ1) is 10.4. The fourth-order valence-electron chi connectivity index (χ4n) is 1.11. The third kappa shape index (κ3) is 1.52. The predicted octanol–water partition coefficient (Wildman–Crippen LogP) is -4.46. The zero-order valence-electron chi connectivity index (χ0n) is 6.45. The topological polar surface area (TPSA) is 130 Å². The van der Waals surface area contributed by atoms with Gasteiger partial charge in [0.1, 0.15) is 18.3 Å². The van der Waals surface area contributed by atoms with E-state index in [1.165, 1.54) is 0 Å². The summed E-state index contributed by atoms with van der Waals surface area (Å²) in [5, 5.41) is 46.1. The van der Waals surface area contributed by atoms with Crippen LogP contribution in [0.1, 0.15) is 0 Å². The van der Waals surface area contributed by atoms with E-state index in [-0.39, 0.29) is 0 Å². The Morgan fingerprint density at radius 2 is 2.08 bits per heavy atom. The highest BCUT2D eigenvalue weighted by atomic mass is 16.7. The average molecular weight is 193 g/mol. The molecule has 1 fully saturated rings. The van der Waals surface area contributed by atoms with Crippen molar-refractivity contribution in [1.29, 1.82) is 0 Å². The van der Waals surface area contributed by atoms with E-state index in [1.54, 1.807) is 0 Å². The number of hydrogen-bond acceptors (Lipinski definition) is 7. The molecule has 0 aromatic rings. The van der Waals surface area contributed by atoms with E-state index in [0.717, 1.165) is 0 Å². The molecule has 0 spiro atoms. The van der Waals surface area contributed by atoms with E-state index in [2.05, 4.69) is 4.74 Å². The summed E-state index contributed by atoms with van der Waals surface area (Å²) >= 11 is 0.